The van der Waals surface area contributed by atoms with E-state index >= 15 is 0 Å². The van der Waals surface area contributed by atoms with Crippen molar-refractivity contribution >= 4 is 0 Å². The fraction of sp³-hybridized carbons (Fsp3) is 1.00. The van der Waals surface area contributed by atoms with Gasteiger partial charge in [-0.05, 0) is 26.2 Å². The van der Waals surface area contributed by atoms with Crippen LogP contribution in [-0.4, -0.2) is 21.9 Å². The molecule has 0 aromatic carbocycles. The molecule has 0 heterocycles. The Labute approximate surface area is 55.5 Å². The highest BCUT2D eigenvalue weighted by atomic mass is 16.3. The zero-order chi connectivity index (χ0) is 6.91. The van der Waals surface area contributed by atoms with E-state index in [1.165, 1.54) is 0 Å². The Bertz CT molecular complexity index is 99.1. The summed E-state index contributed by atoms with van der Waals surface area (Å²) in [6.07, 6.45) is 2.93. The summed E-state index contributed by atoms with van der Waals surface area (Å²) in [4.78, 5) is 0. The Morgan fingerprint density at radius 3 is 2.56 bits per heavy atom. The van der Waals surface area contributed by atoms with Gasteiger partial charge in [-0.25, -0.2) is 0 Å². The predicted octanol–water partition coefficient (Wildman–Crippen LogP) is 0.672. The molecular weight excluding hydrogens is 116 g/mol. The molecule has 0 radical (unpaired) electrons. The van der Waals surface area contributed by atoms with Gasteiger partial charge in [0.15, 0.2) is 0 Å². The zero-order valence-corrected chi connectivity index (χ0v) is 5.80. The summed E-state index contributed by atoms with van der Waals surface area (Å²) in [7, 11) is 0. The molecule has 9 heavy (non-hydrogen) atoms. The molecule has 0 aromatic rings. The molecule has 2 nitrogen and oxygen atoms in total. The molecule has 0 aromatic heterocycles. The molecule has 2 heteroatoms. The van der Waals surface area contributed by atoms with Gasteiger partial charge in [0, 0.05) is 6.42 Å². The SMILES string of the molecule is C[C@@]1(O)CCC[C@@H](O)C1. The maximum atomic E-state index is 9.38. The first kappa shape index (κ1) is 7.03. The highest BCUT2D eigenvalue weighted by Crippen LogP contribution is 2.27. The van der Waals surface area contributed by atoms with Crippen molar-refractivity contribution in [3.05, 3.63) is 0 Å². The number of aliphatic hydroxyl groups excluding tert-OH is 1. The lowest BCUT2D eigenvalue weighted by atomic mass is 9.85. The third-order valence-corrected chi connectivity index (χ3v) is 1.93. The second-order valence-electron chi connectivity index (χ2n) is 3.25. The Morgan fingerprint density at radius 2 is 2.22 bits per heavy atom. The van der Waals surface area contributed by atoms with Crippen LogP contribution in [0.4, 0.5) is 0 Å². The van der Waals surface area contributed by atoms with Gasteiger partial charge < -0.3 is 10.2 Å². The molecule has 0 saturated heterocycles. The molecule has 1 rings (SSSR count). The van der Waals surface area contributed by atoms with Gasteiger partial charge in [-0.3, -0.25) is 0 Å². The fourth-order valence-corrected chi connectivity index (χ4v) is 1.43. The van der Waals surface area contributed by atoms with Crippen LogP contribution < -0.4 is 0 Å². The first-order chi connectivity index (χ1) is 4.10. The van der Waals surface area contributed by atoms with E-state index in [1.807, 2.05) is 0 Å². The largest absolute Gasteiger partial charge is 0.393 e. The summed E-state index contributed by atoms with van der Waals surface area (Å²) in [5.74, 6) is 0. The topological polar surface area (TPSA) is 40.5 Å². The average Bonchev–Trinajstić information content (AvgIpc) is 1.60. The summed E-state index contributed by atoms with van der Waals surface area (Å²) in [6.45, 7) is 1.79. The summed E-state index contributed by atoms with van der Waals surface area (Å²) < 4.78 is 0. The molecule has 54 valence electrons. The lowest BCUT2D eigenvalue weighted by Gasteiger charge is -2.30. The molecule has 1 fully saturated rings. The molecule has 2 atom stereocenters. The minimum Gasteiger partial charge on any atom is -0.393 e. The van der Waals surface area contributed by atoms with Crippen molar-refractivity contribution in [1.82, 2.24) is 0 Å². The van der Waals surface area contributed by atoms with Crippen LogP contribution in [0, 0.1) is 0 Å². The van der Waals surface area contributed by atoms with Gasteiger partial charge in [-0.1, -0.05) is 0 Å². The minimum absolute atomic E-state index is 0.270. The molecule has 1 aliphatic rings. The smallest absolute Gasteiger partial charge is 0.0644 e. The van der Waals surface area contributed by atoms with Crippen LogP contribution in [0.2, 0.25) is 0 Å². The van der Waals surface area contributed by atoms with Crippen molar-refractivity contribution in [1.29, 1.82) is 0 Å². The molecule has 0 amide bonds. The highest BCUT2D eigenvalue weighted by Gasteiger charge is 2.28. The Balaban J connectivity index is 2.41. The first-order valence-electron chi connectivity index (χ1n) is 3.51. The van der Waals surface area contributed by atoms with Crippen molar-refractivity contribution in [2.75, 3.05) is 0 Å². The molecule has 0 bridgehead atoms. The second-order valence-corrected chi connectivity index (χ2v) is 3.25. The number of rotatable bonds is 0. The standard InChI is InChI=1S/C7H14O2/c1-7(9)4-2-3-6(8)5-7/h6,8-9H,2-5H2,1H3/t6-,7-/m1/s1. The predicted molar refractivity (Wildman–Crippen MR) is 35.1 cm³/mol. The second kappa shape index (κ2) is 2.27. The number of aliphatic hydroxyl groups is 2. The summed E-state index contributed by atoms with van der Waals surface area (Å²) >= 11 is 0. The van der Waals surface area contributed by atoms with Gasteiger partial charge in [0.2, 0.25) is 0 Å². The molecule has 2 N–H and O–H groups in total. The van der Waals surface area contributed by atoms with Gasteiger partial charge >= 0.3 is 0 Å². The van der Waals surface area contributed by atoms with E-state index in [0.29, 0.717) is 6.42 Å². The van der Waals surface area contributed by atoms with E-state index in [1.54, 1.807) is 6.92 Å². The van der Waals surface area contributed by atoms with Crippen molar-refractivity contribution in [3.63, 3.8) is 0 Å². The maximum Gasteiger partial charge on any atom is 0.0644 e. The first-order valence-corrected chi connectivity index (χ1v) is 3.51. The molecule has 0 spiro atoms. The molecule has 1 saturated carbocycles. The van der Waals surface area contributed by atoms with Crippen LogP contribution in [0.3, 0.4) is 0 Å². The average molecular weight is 130 g/mol. The molecule has 1 aliphatic carbocycles. The highest BCUT2D eigenvalue weighted by molar-refractivity contribution is 4.81. The van der Waals surface area contributed by atoms with Crippen molar-refractivity contribution in [2.24, 2.45) is 0 Å². The van der Waals surface area contributed by atoms with E-state index in [0.717, 1.165) is 19.3 Å². The Morgan fingerprint density at radius 1 is 1.56 bits per heavy atom. The van der Waals surface area contributed by atoms with Gasteiger partial charge in [-0.2, -0.15) is 0 Å². The van der Waals surface area contributed by atoms with Gasteiger partial charge in [-0.15, -0.1) is 0 Å². The van der Waals surface area contributed by atoms with Crippen molar-refractivity contribution in [2.45, 2.75) is 44.3 Å². The molecule has 0 aliphatic heterocycles. The van der Waals surface area contributed by atoms with E-state index in [-0.39, 0.29) is 6.10 Å². The lowest BCUT2D eigenvalue weighted by molar-refractivity contribution is -0.0313. The van der Waals surface area contributed by atoms with Gasteiger partial charge in [0.1, 0.15) is 0 Å². The van der Waals surface area contributed by atoms with Crippen LogP contribution in [-0.2, 0) is 0 Å². The van der Waals surface area contributed by atoms with Gasteiger partial charge in [0.25, 0.3) is 0 Å². The number of hydrogen-bond donors (Lipinski definition) is 2. The van der Waals surface area contributed by atoms with Crippen molar-refractivity contribution < 1.29 is 10.2 Å². The number of hydrogen-bond acceptors (Lipinski definition) is 2. The van der Waals surface area contributed by atoms with Crippen LogP contribution >= 0.6 is 0 Å². The summed E-state index contributed by atoms with van der Waals surface area (Å²) in [5.41, 5.74) is -0.600. The van der Waals surface area contributed by atoms with E-state index in [4.69, 9.17) is 5.11 Å². The quantitative estimate of drug-likeness (QED) is 0.506. The van der Waals surface area contributed by atoms with Crippen LogP contribution in [0.5, 0.6) is 0 Å². The fourth-order valence-electron chi connectivity index (χ4n) is 1.43. The Hall–Kier alpha value is -0.0800. The lowest BCUT2D eigenvalue weighted by Crippen LogP contribution is -2.34. The molecular formula is C7H14O2. The van der Waals surface area contributed by atoms with E-state index in [2.05, 4.69) is 0 Å². The third-order valence-electron chi connectivity index (χ3n) is 1.93. The summed E-state index contributed by atoms with van der Waals surface area (Å²) in [6, 6.07) is 0. The van der Waals surface area contributed by atoms with E-state index < -0.39 is 5.60 Å². The monoisotopic (exact) mass is 130 g/mol. The maximum absolute atomic E-state index is 9.38. The van der Waals surface area contributed by atoms with Crippen LogP contribution in [0.15, 0.2) is 0 Å². The molecule has 0 unspecified atom stereocenters. The van der Waals surface area contributed by atoms with Crippen LogP contribution in [0.1, 0.15) is 32.6 Å². The zero-order valence-electron chi connectivity index (χ0n) is 5.80. The minimum atomic E-state index is -0.600. The van der Waals surface area contributed by atoms with E-state index in [9.17, 15) is 5.11 Å². The van der Waals surface area contributed by atoms with Crippen LogP contribution in [0.25, 0.3) is 0 Å². The summed E-state index contributed by atoms with van der Waals surface area (Å²) in [5, 5.41) is 18.5. The van der Waals surface area contributed by atoms with Crippen molar-refractivity contribution in [3.8, 4) is 0 Å². The van der Waals surface area contributed by atoms with Gasteiger partial charge in [0.05, 0.1) is 11.7 Å². The normalized spacial score (nSPS) is 45.0. The Kier molecular flexibility index (Phi) is 1.78. The third kappa shape index (κ3) is 1.95.